The predicted octanol–water partition coefficient (Wildman–Crippen LogP) is 0.299. The van der Waals surface area contributed by atoms with Crippen LogP contribution in [0.1, 0.15) is 19.8 Å². The molecule has 0 aromatic carbocycles. The zero-order valence-electron chi connectivity index (χ0n) is 10.7. The Balaban J connectivity index is 4.64. The van der Waals surface area contributed by atoms with Crippen molar-refractivity contribution in [3.8, 4) is 0 Å². The summed E-state index contributed by atoms with van der Waals surface area (Å²) in [7, 11) is 0. The highest BCUT2D eigenvalue weighted by molar-refractivity contribution is 5.83. The molecule has 0 aliphatic carbocycles. The van der Waals surface area contributed by atoms with Gasteiger partial charge in [-0.05, 0) is 13.3 Å². The maximum atomic E-state index is 12.2. The fraction of sp³-hybridized carbons (Fsp3) is 0.700. The second-order valence-corrected chi connectivity index (χ2v) is 3.97. The molecule has 0 aromatic heterocycles. The number of nitrogens with zero attached hydrogens (tertiary/aromatic N) is 1. The lowest BCUT2D eigenvalue weighted by molar-refractivity contribution is -0.140. The molecule has 0 saturated carbocycles. The molecule has 0 aliphatic heterocycles. The predicted molar refractivity (Wildman–Crippen MR) is 61.7 cm³/mol. The number of aliphatic carboxylic acids is 1. The quantitative estimate of drug-likeness (QED) is 0.627. The van der Waals surface area contributed by atoms with Crippen LogP contribution in [-0.4, -0.2) is 53.2 Å². The average Bonchev–Trinajstić information content (AvgIpc) is 2.29. The highest BCUT2D eigenvalue weighted by atomic mass is 19.4. The van der Waals surface area contributed by atoms with Crippen LogP contribution in [0.5, 0.6) is 0 Å². The van der Waals surface area contributed by atoms with Gasteiger partial charge in [-0.1, -0.05) is 0 Å². The van der Waals surface area contributed by atoms with Crippen LogP contribution in [0.15, 0.2) is 0 Å². The average molecular weight is 299 g/mol. The van der Waals surface area contributed by atoms with Gasteiger partial charge in [-0.2, -0.15) is 13.2 Å². The van der Waals surface area contributed by atoms with E-state index < -0.39 is 36.7 Å². The first kappa shape index (κ1) is 18.0. The largest absolute Gasteiger partial charge is 0.480 e. The molecule has 0 heterocycles. The number of carboxylic acid groups (broad SMARTS) is 1. The molecule has 116 valence electrons. The van der Waals surface area contributed by atoms with Gasteiger partial charge in [0.2, 0.25) is 5.91 Å². The van der Waals surface area contributed by atoms with Crippen molar-refractivity contribution in [2.24, 2.45) is 5.73 Å². The summed E-state index contributed by atoms with van der Waals surface area (Å²) in [5.74, 6) is -2.23. The highest BCUT2D eigenvalue weighted by Gasteiger charge is 2.33. The van der Waals surface area contributed by atoms with Crippen LogP contribution in [0.2, 0.25) is 0 Å². The number of carboxylic acids is 1. The molecule has 0 unspecified atom stereocenters. The molecule has 0 aliphatic rings. The molecule has 1 atom stereocenters. The smallest absolute Gasteiger partial charge is 0.406 e. The van der Waals surface area contributed by atoms with E-state index in [1.165, 1.54) is 6.92 Å². The Hall–Kier alpha value is -2.00. The third-order valence-corrected chi connectivity index (χ3v) is 2.31. The summed E-state index contributed by atoms with van der Waals surface area (Å²) in [6.45, 7) is -0.407. The number of urea groups is 1. The summed E-state index contributed by atoms with van der Waals surface area (Å²) < 4.78 is 36.6. The van der Waals surface area contributed by atoms with Crippen molar-refractivity contribution in [1.82, 2.24) is 10.2 Å². The molecule has 20 heavy (non-hydrogen) atoms. The van der Waals surface area contributed by atoms with Crippen LogP contribution in [0.3, 0.4) is 0 Å². The van der Waals surface area contributed by atoms with Gasteiger partial charge in [0.1, 0.15) is 12.6 Å². The molecule has 3 amide bonds. The summed E-state index contributed by atoms with van der Waals surface area (Å²) in [5.41, 5.74) is 4.84. The normalized spacial score (nSPS) is 12.6. The molecular formula is C10H16F3N3O4. The maximum Gasteiger partial charge on any atom is 0.406 e. The SMILES string of the molecule is CCN(CC(F)(F)F)C(=O)N[C@H](CCC(N)=O)C(=O)O. The van der Waals surface area contributed by atoms with Gasteiger partial charge in [-0.15, -0.1) is 0 Å². The molecule has 0 saturated heterocycles. The van der Waals surface area contributed by atoms with E-state index in [-0.39, 0.29) is 19.4 Å². The number of alkyl halides is 3. The van der Waals surface area contributed by atoms with E-state index in [4.69, 9.17) is 10.8 Å². The summed E-state index contributed by atoms with van der Waals surface area (Å²) >= 11 is 0. The van der Waals surface area contributed by atoms with Gasteiger partial charge in [0.05, 0.1) is 0 Å². The van der Waals surface area contributed by atoms with Crippen LogP contribution in [0.4, 0.5) is 18.0 Å². The van der Waals surface area contributed by atoms with Gasteiger partial charge < -0.3 is 21.1 Å². The molecule has 0 fully saturated rings. The number of nitrogens with one attached hydrogen (secondary N) is 1. The number of amides is 3. The molecule has 10 heteroatoms. The first-order chi connectivity index (χ1) is 9.06. The fourth-order valence-electron chi connectivity index (χ4n) is 1.33. The summed E-state index contributed by atoms with van der Waals surface area (Å²) in [5, 5.41) is 10.7. The molecule has 0 bridgehead atoms. The molecule has 0 aromatic rings. The van der Waals surface area contributed by atoms with E-state index >= 15 is 0 Å². The van der Waals surface area contributed by atoms with Crippen molar-refractivity contribution >= 4 is 17.9 Å². The number of primary amides is 1. The molecule has 7 nitrogen and oxygen atoms in total. The first-order valence-electron chi connectivity index (χ1n) is 5.70. The van der Waals surface area contributed by atoms with E-state index in [0.29, 0.717) is 4.90 Å². The minimum absolute atomic E-state index is 0.243. The Morgan fingerprint density at radius 2 is 1.90 bits per heavy atom. The highest BCUT2D eigenvalue weighted by Crippen LogP contribution is 2.16. The molecule has 4 N–H and O–H groups in total. The zero-order valence-corrected chi connectivity index (χ0v) is 10.7. The van der Waals surface area contributed by atoms with Crippen molar-refractivity contribution in [2.45, 2.75) is 32.0 Å². The molecule has 0 spiro atoms. The lowest BCUT2D eigenvalue weighted by Gasteiger charge is -2.24. The van der Waals surface area contributed by atoms with Gasteiger partial charge >= 0.3 is 18.2 Å². The van der Waals surface area contributed by atoms with Gasteiger partial charge in [0, 0.05) is 13.0 Å². The Kier molecular flexibility index (Phi) is 6.80. The first-order valence-corrected chi connectivity index (χ1v) is 5.70. The van der Waals surface area contributed by atoms with Gasteiger partial charge in [-0.25, -0.2) is 9.59 Å². The van der Waals surface area contributed by atoms with Crippen LogP contribution >= 0.6 is 0 Å². The number of carbonyl (C=O) groups is 3. The number of hydrogen-bond acceptors (Lipinski definition) is 3. The second-order valence-electron chi connectivity index (χ2n) is 3.97. The topological polar surface area (TPSA) is 113 Å². The van der Waals surface area contributed by atoms with Gasteiger partial charge in [0.15, 0.2) is 0 Å². The summed E-state index contributed by atoms with van der Waals surface area (Å²) in [4.78, 5) is 33.3. The van der Waals surface area contributed by atoms with E-state index in [1.54, 1.807) is 0 Å². The van der Waals surface area contributed by atoms with Crippen molar-refractivity contribution in [3.63, 3.8) is 0 Å². The van der Waals surface area contributed by atoms with E-state index in [9.17, 15) is 27.6 Å². The number of hydrogen-bond donors (Lipinski definition) is 3. The van der Waals surface area contributed by atoms with Crippen molar-refractivity contribution in [3.05, 3.63) is 0 Å². The summed E-state index contributed by atoms with van der Waals surface area (Å²) in [6.07, 6.45) is -5.18. The molecular weight excluding hydrogens is 283 g/mol. The number of halogens is 3. The molecule has 0 rings (SSSR count). The van der Waals surface area contributed by atoms with E-state index in [1.807, 2.05) is 5.32 Å². The zero-order chi connectivity index (χ0) is 15.9. The van der Waals surface area contributed by atoms with Crippen LogP contribution in [-0.2, 0) is 9.59 Å². The second kappa shape index (κ2) is 7.56. The Morgan fingerprint density at radius 3 is 2.25 bits per heavy atom. The lowest BCUT2D eigenvalue weighted by Crippen LogP contribution is -2.50. The lowest BCUT2D eigenvalue weighted by atomic mass is 10.1. The van der Waals surface area contributed by atoms with Crippen LogP contribution in [0, 0.1) is 0 Å². The maximum absolute atomic E-state index is 12.2. The third-order valence-electron chi connectivity index (χ3n) is 2.31. The van der Waals surface area contributed by atoms with Crippen molar-refractivity contribution in [1.29, 1.82) is 0 Å². The standard InChI is InChI=1S/C10H16F3N3O4/c1-2-16(5-10(11,12)13)9(20)15-6(8(18)19)3-4-7(14)17/h6H,2-5H2,1H3,(H2,14,17)(H,15,20)(H,18,19)/t6-/m1/s1. The van der Waals surface area contributed by atoms with Crippen LogP contribution in [0.25, 0.3) is 0 Å². The number of nitrogens with two attached hydrogens (primary N) is 1. The minimum atomic E-state index is -4.58. The van der Waals surface area contributed by atoms with Crippen molar-refractivity contribution < 1.29 is 32.7 Å². The Labute approximate surface area is 112 Å². The fourth-order valence-corrected chi connectivity index (χ4v) is 1.33. The third kappa shape index (κ3) is 7.44. The summed E-state index contributed by atoms with van der Waals surface area (Å²) in [6, 6.07) is -2.64. The van der Waals surface area contributed by atoms with E-state index in [0.717, 1.165) is 0 Å². The van der Waals surface area contributed by atoms with Crippen molar-refractivity contribution in [2.75, 3.05) is 13.1 Å². The van der Waals surface area contributed by atoms with E-state index in [2.05, 4.69) is 0 Å². The minimum Gasteiger partial charge on any atom is -0.480 e. The Morgan fingerprint density at radius 1 is 1.35 bits per heavy atom. The molecule has 0 radical (unpaired) electrons. The Bertz CT molecular complexity index is 373. The number of rotatable bonds is 7. The van der Waals surface area contributed by atoms with Crippen LogP contribution < -0.4 is 11.1 Å². The van der Waals surface area contributed by atoms with Gasteiger partial charge in [-0.3, -0.25) is 4.79 Å². The van der Waals surface area contributed by atoms with Gasteiger partial charge in [0.25, 0.3) is 0 Å². The number of carbonyl (C=O) groups excluding carboxylic acids is 2. The monoisotopic (exact) mass is 299 g/mol.